The van der Waals surface area contributed by atoms with Gasteiger partial charge in [-0.2, -0.15) is 18.3 Å². The van der Waals surface area contributed by atoms with E-state index in [2.05, 4.69) is 10.1 Å². The van der Waals surface area contributed by atoms with Crippen LogP contribution in [0.5, 0.6) is 0 Å². The fraction of sp³-hybridized carbons (Fsp3) is 0.267. The smallest absolute Gasteiger partial charge is 0.429 e. The molecule has 0 aliphatic rings. The van der Waals surface area contributed by atoms with Gasteiger partial charge in [-0.3, -0.25) is 4.68 Å². The molecule has 0 aliphatic carbocycles. The second-order valence-electron chi connectivity index (χ2n) is 5.33. The van der Waals surface area contributed by atoms with E-state index in [1.54, 1.807) is 24.0 Å². The van der Waals surface area contributed by atoms with E-state index in [9.17, 15) is 18.0 Å². The van der Waals surface area contributed by atoms with Crippen molar-refractivity contribution in [3.05, 3.63) is 48.0 Å². The van der Waals surface area contributed by atoms with Gasteiger partial charge in [0.1, 0.15) is 0 Å². The molecule has 0 amide bonds. The Morgan fingerprint density at radius 1 is 1.29 bits per heavy atom. The van der Waals surface area contributed by atoms with Crippen molar-refractivity contribution in [1.29, 1.82) is 0 Å². The molecule has 3 aromatic rings. The average molecular weight is 338 g/mol. The van der Waals surface area contributed by atoms with Crippen LogP contribution in [0.4, 0.5) is 13.2 Å². The summed E-state index contributed by atoms with van der Waals surface area (Å²) >= 11 is 0. The molecule has 0 spiro atoms. The first kappa shape index (κ1) is 16.0. The van der Waals surface area contributed by atoms with Gasteiger partial charge < -0.3 is 9.30 Å². The molecule has 0 N–H and O–H groups in total. The number of rotatable bonds is 3. The lowest BCUT2D eigenvalue weighted by Crippen LogP contribution is -2.26. The molecule has 0 saturated carbocycles. The number of hydrogen-bond acceptors (Lipinski definition) is 4. The van der Waals surface area contributed by atoms with Gasteiger partial charge in [0.25, 0.3) is 0 Å². The summed E-state index contributed by atoms with van der Waals surface area (Å²) in [7, 11) is 3.25. The molecular weight excluding hydrogens is 325 g/mol. The molecular formula is C15H13F3N4O2. The number of halogens is 3. The zero-order chi connectivity index (χ0) is 17.5. The van der Waals surface area contributed by atoms with E-state index in [-0.39, 0.29) is 11.1 Å². The van der Waals surface area contributed by atoms with Gasteiger partial charge in [-0.15, -0.1) is 0 Å². The van der Waals surface area contributed by atoms with Crippen molar-refractivity contribution in [2.45, 2.75) is 12.3 Å². The highest BCUT2D eigenvalue weighted by molar-refractivity contribution is 5.93. The highest BCUT2D eigenvalue weighted by Crippen LogP contribution is 2.36. The molecule has 1 aromatic carbocycles. The van der Waals surface area contributed by atoms with Crippen molar-refractivity contribution >= 4 is 17.0 Å². The maximum Gasteiger partial charge on any atom is 0.429 e. The summed E-state index contributed by atoms with van der Waals surface area (Å²) in [6.07, 6.45) is -3.39. The normalized spacial score (nSPS) is 13.2. The Labute approximate surface area is 134 Å². The number of esters is 1. The third kappa shape index (κ3) is 2.97. The van der Waals surface area contributed by atoms with Crippen LogP contribution in [0.2, 0.25) is 0 Å². The van der Waals surface area contributed by atoms with E-state index >= 15 is 0 Å². The monoisotopic (exact) mass is 338 g/mol. The van der Waals surface area contributed by atoms with Gasteiger partial charge in [-0.1, -0.05) is 0 Å². The van der Waals surface area contributed by atoms with Crippen LogP contribution in [0.15, 0.2) is 36.9 Å². The van der Waals surface area contributed by atoms with Crippen LogP contribution in [0, 0.1) is 0 Å². The summed E-state index contributed by atoms with van der Waals surface area (Å²) < 4.78 is 47.3. The number of benzene rings is 1. The lowest BCUT2D eigenvalue weighted by atomic mass is 10.1. The van der Waals surface area contributed by atoms with Crippen molar-refractivity contribution in [3.63, 3.8) is 0 Å². The third-order valence-electron chi connectivity index (χ3n) is 3.51. The van der Waals surface area contributed by atoms with Crippen LogP contribution < -0.4 is 0 Å². The van der Waals surface area contributed by atoms with Crippen LogP contribution in [0.1, 0.15) is 22.0 Å². The molecule has 0 radical (unpaired) electrons. The number of imidazole rings is 1. The zero-order valence-electron chi connectivity index (χ0n) is 12.8. The Morgan fingerprint density at radius 3 is 2.67 bits per heavy atom. The van der Waals surface area contributed by atoms with Gasteiger partial charge in [0.15, 0.2) is 0 Å². The summed E-state index contributed by atoms with van der Waals surface area (Å²) in [5.74, 6) is -1.08. The van der Waals surface area contributed by atoms with Crippen LogP contribution in [-0.4, -0.2) is 31.5 Å². The number of aromatic nitrogens is 4. The van der Waals surface area contributed by atoms with Crippen LogP contribution in [0.25, 0.3) is 11.0 Å². The number of nitrogens with zero attached hydrogens (tertiary/aromatic N) is 4. The molecule has 1 atom stereocenters. The minimum Gasteiger partial charge on any atom is -0.444 e. The van der Waals surface area contributed by atoms with Crippen molar-refractivity contribution in [2.75, 3.05) is 0 Å². The van der Waals surface area contributed by atoms with Gasteiger partial charge in [-0.05, 0) is 18.2 Å². The minimum absolute atomic E-state index is 0.000611. The molecule has 126 valence electrons. The van der Waals surface area contributed by atoms with Crippen LogP contribution in [-0.2, 0) is 18.8 Å². The summed E-state index contributed by atoms with van der Waals surface area (Å²) in [6, 6.07) is 4.41. The van der Waals surface area contributed by atoms with E-state index in [4.69, 9.17) is 4.74 Å². The summed E-state index contributed by atoms with van der Waals surface area (Å²) in [4.78, 5) is 16.2. The summed E-state index contributed by atoms with van der Waals surface area (Å²) in [5.41, 5.74) is 1.01. The van der Waals surface area contributed by atoms with Crippen molar-refractivity contribution in [2.24, 2.45) is 14.1 Å². The second kappa shape index (κ2) is 5.66. The predicted molar refractivity (Wildman–Crippen MR) is 78.1 cm³/mol. The van der Waals surface area contributed by atoms with Crippen LogP contribution in [0.3, 0.4) is 0 Å². The molecule has 0 fully saturated rings. The van der Waals surface area contributed by atoms with E-state index < -0.39 is 18.2 Å². The highest BCUT2D eigenvalue weighted by atomic mass is 19.4. The van der Waals surface area contributed by atoms with E-state index in [0.717, 1.165) is 17.9 Å². The number of fused-ring (bicyclic) bond motifs is 1. The Balaban J connectivity index is 1.89. The second-order valence-corrected chi connectivity index (χ2v) is 5.33. The molecule has 9 heteroatoms. The first-order chi connectivity index (χ1) is 11.3. The highest BCUT2D eigenvalue weighted by Gasteiger charge is 2.45. The first-order valence-electron chi connectivity index (χ1n) is 6.93. The SMILES string of the molecule is Cn1cc([C@H](OC(=O)c2ccc3c(c2)ncn3C)C(F)(F)F)cn1. The van der Waals surface area contributed by atoms with E-state index in [1.165, 1.54) is 23.9 Å². The molecule has 0 bridgehead atoms. The lowest BCUT2D eigenvalue weighted by Gasteiger charge is -2.19. The molecule has 2 heterocycles. The topological polar surface area (TPSA) is 61.9 Å². The first-order valence-corrected chi connectivity index (χ1v) is 6.93. The molecule has 0 aliphatic heterocycles. The zero-order valence-corrected chi connectivity index (χ0v) is 12.8. The fourth-order valence-electron chi connectivity index (χ4n) is 2.34. The van der Waals surface area contributed by atoms with Gasteiger partial charge >= 0.3 is 12.1 Å². The molecule has 24 heavy (non-hydrogen) atoms. The average Bonchev–Trinajstić information content (AvgIpc) is 3.09. The lowest BCUT2D eigenvalue weighted by molar-refractivity contribution is -0.207. The van der Waals surface area contributed by atoms with Crippen molar-refractivity contribution in [1.82, 2.24) is 19.3 Å². The van der Waals surface area contributed by atoms with E-state index in [0.29, 0.717) is 5.52 Å². The van der Waals surface area contributed by atoms with Gasteiger partial charge in [-0.25, -0.2) is 9.78 Å². The maximum absolute atomic E-state index is 13.2. The number of carbonyl (C=O) groups is 1. The van der Waals surface area contributed by atoms with Crippen LogP contribution >= 0.6 is 0 Å². The van der Waals surface area contributed by atoms with E-state index in [1.807, 2.05) is 0 Å². The van der Waals surface area contributed by atoms with Gasteiger partial charge in [0, 0.05) is 25.9 Å². The maximum atomic E-state index is 13.2. The predicted octanol–water partition coefficient (Wildman–Crippen LogP) is 2.77. The van der Waals surface area contributed by atoms with Gasteiger partial charge in [0.05, 0.1) is 29.1 Å². The Morgan fingerprint density at radius 2 is 2.04 bits per heavy atom. The largest absolute Gasteiger partial charge is 0.444 e. The van der Waals surface area contributed by atoms with Gasteiger partial charge in [0.2, 0.25) is 6.10 Å². The Bertz CT molecular complexity index is 898. The number of hydrogen-bond donors (Lipinski definition) is 0. The Kier molecular flexibility index (Phi) is 3.78. The molecule has 0 saturated heterocycles. The molecule has 2 aromatic heterocycles. The van der Waals surface area contributed by atoms with Crippen molar-refractivity contribution in [3.8, 4) is 0 Å². The quantitative estimate of drug-likeness (QED) is 0.689. The molecule has 6 nitrogen and oxygen atoms in total. The minimum atomic E-state index is -4.74. The third-order valence-corrected chi connectivity index (χ3v) is 3.51. The molecule has 3 rings (SSSR count). The fourth-order valence-corrected chi connectivity index (χ4v) is 2.34. The number of alkyl halides is 3. The summed E-state index contributed by atoms with van der Waals surface area (Å²) in [6.45, 7) is 0. The summed E-state index contributed by atoms with van der Waals surface area (Å²) in [5, 5.41) is 3.69. The number of carbonyl (C=O) groups excluding carboxylic acids is 1. The standard InChI is InChI=1S/C15H13F3N4O2/c1-21-8-19-11-5-9(3-4-12(11)21)14(23)24-13(15(16,17)18)10-6-20-22(2)7-10/h3-8,13H,1-2H3/t13-/m0/s1. The number of ether oxygens (including phenoxy) is 1. The number of aryl methyl sites for hydroxylation is 2. The molecule has 0 unspecified atom stereocenters. The van der Waals surface area contributed by atoms with Crippen molar-refractivity contribution < 1.29 is 22.7 Å². The Hall–Kier alpha value is -2.84.